The third-order valence-corrected chi connectivity index (χ3v) is 5.67. The van der Waals surface area contributed by atoms with Crippen LogP contribution in [0.2, 0.25) is 0 Å². The van der Waals surface area contributed by atoms with Gasteiger partial charge < -0.3 is 14.2 Å². The standard InChI is InChI=1S/C25H25FN2O3/c1-18-11-13-27(14-12-19-5-3-2-4-6-19)24(29)23(18)25(30)28-15-16-31-22(17-28)20-7-9-21(26)10-8-20/h2-11,13,22H,12,14-17H2,1H3. The number of hydrogen-bond donors (Lipinski definition) is 0. The molecule has 31 heavy (non-hydrogen) atoms. The number of hydrogen-bond acceptors (Lipinski definition) is 3. The summed E-state index contributed by atoms with van der Waals surface area (Å²) in [7, 11) is 0. The zero-order valence-corrected chi connectivity index (χ0v) is 17.5. The van der Waals surface area contributed by atoms with Crippen LogP contribution in [-0.2, 0) is 17.7 Å². The highest BCUT2D eigenvalue weighted by Gasteiger charge is 2.28. The van der Waals surface area contributed by atoms with Gasteiger partial charge in [-0.15, -0.1) is 0 Å². The molecule has 4 rings (SSSR count). The molecule has 0 spiro atoms. The van der Waals surface area contributed by atoms with Crippen molar-refractivity contribution in [2.45, 2.75) is 26.0 Å². The van der Waals surface area contributed by atoms with Crippen molar-refractivity contribution in [1.82, 2.24) is 9.47 Å². The van der Waals surface area contributed by atoms with Crippen LogP contribution in [0.3, 0.4) is 0 Å². The van der Waals surface area contributed by atoms with Gasteiger partial charge in [-0.25, -0.2) is 4.39 Å². The first-order chi connectivity index (χ1) is 15.0. The average molecular weight is 420 g/mol. The molecule has 0 N–H and O–H groups in total. The second kappa shape index (κ2) is 9.27. The normalized spacial score (nSPS) is 16.3. The molecular formula is C25H25FN2O3. The first-order valence-corrected chi connectivity index (χ1v) is 10.4. The molecular weight excluding hydrogens is 395 g/mol. The molecule has 0 aliphatic carbocycles. The molecule has 1 aliphatic rings. The molecule has 1 atom stereocenters. The number of pyridine rings is 1. The van der Waals surface area contributed by atoms with Crippen molar-refractivity contribution in [3.63, 3.8) is 0 Å². The van der Waals surface area contributed by atoms with Gasteiger partial charge in [0.05, 0.1) is 13.2 Å². The number of aromatic nitrogens is 1. The molecule has 5 nitrogen and oxygen atoms in total. The minimum absolute atomic E-state index is 0.204. The van der Waals surface area contributed by atoms with E-state index in [1.165, 1.54) is 12.1 Å². The van der Waals surface area contributed by atoms with Gasteiger partial charge in [0.15, 0.2) is 0 Å². The number of halogens is 1. The largest absolute Gasteiger partial charge is 0.370 e. The highest BCUT2D eigenvalue weighted by Crippen LogP contribution is 2.23. The van der Waals surface area contributed by atoms with Gasteiger partial charge in [0.1, 0.15) is 17.5 Å². The van der Waals surface area contributed by atoms with E-state index >= 15 is 0 Å². The molecule has 1 unspecified atom stereocenters. The fraction of sp³-hybridized carbons (Fsp3) is 0.280. The number of aryl methyl sites for hydroxylation is 3. The maximum absolute atomic E-state index is 13.3. The Bertz CT molecular complexity index is 1110. The molecule has 2 aromatic carbocycles. The SMILES string of the molecule is Cc1ccn(CCc2ccccc2)c(=O)c1C(=O)N1CCOC(c2ccc(F)cc2)C1. The summed E-state index contributed by atoms with van der Waals surface area (Å²) in [5.74, 6) is -0.601. The summed E-state index contributed by atoms with van der Waals surface area (Å²) >= 11 is 0. The van der Waals surface area contributed by atoms with E-state index in [-0.39, 0.29) is 29.0 Å². The van der Waals surface area contributed by atoms with Crippen LogP contribution in [0.1, 0.15) is 33.2 Å². The minimum Gasteiger partial charge on any atom is -0.370 e. The lowest BCUT2D eigenvalue weighted by Crippen LogP contribution is -2.45. The van der Waals surface area contributed by atoms with Crippen molar-refractivity contribution in [3.05, 3.63) is 105 Å². The molecule has 1 fully saturated rings. The summed E-state index contributed by atoms with van der Waals surface area (Å²) < 4.78 is 20.6. The molecule has 0 bridgehead atoms. The fourth-order valence-corrected chi connectivity index (χ4v) is 3.87. The highest BCUT2D eigenvalue weighted by molar-refractivity contribution is 5.95. The van der Waals surface area contributed by atoms with E-state index in [1.807, 2.05) is 36.4 Å². The molecule has 6 heteroatoms. The molecule has 3 aromatic rings. The van der Waals surface area contributed by atoms with Crippen LogP contribution < -0.4 is 5.56 Å². The molecule has 1 amide bonds. The highest BCUT2D eigenvalue weighted by atomic mass is 19.1. The van der Waals surface area contributed by atoms with Crippen LogP contribution in [0.5, 0.6) is 0 Å². The molecule has 160 valence electrons. The first kappa shape index (κ1) is 21.0. The summed E-state index contributed by atoms with van der Waals surface area (Å²) in [5, 5.41) is 0. The number of carbonyl (C=O) groups excluding carboxylic acids is 1. The molecule has 1 aliphatic heterocycles. The maximum atomic E-state index is 13.3. The van der Waals surface area contributed by atoms with E-state index in [4.69, 9.17) is 4.74 Å². The second-order valence-corrected chi connectivity index (χ2v) is 7.77. The van der Waals surface area contributed by atoms with E-state index in [2.05, 4.69) is 0 Å². The summed E-state index contributed by atoms with van der Waals surface area (Å²) in [6.45, 7) is 3.39. The summed E-state index contributed by atoms with van der Waals surface area (Å²) in [4.78, 5) is 28.1. The Morgan fingerprint density at radius 2 is 1.84 bits per heavy atom. The van der Waals surface area contributed by atoms with Crippen LogP contribution >= 0.6 is 0 Å². The lowest BCUT2D eigenvalue weighted by molar-refractivity contribution is -0.0229. The van der Waals surface area contributed by atoms with E-state index < -0.39 is 0 Å². The van der Waals surface area contributed by atoms with Crippen LogP contribution in [0.15, 0.2) is 71.7 Å². The lowest BCUT2D eigenvalue weighted by Gasteiger charge is -2.33. The molecule has 0 saturated carbocycles. The second-order valence-electron chi connectivity index (χ2n) is 7.77. The monoisotopic (exact) mass is 420 g/mol. The molecule has 2 heterocycles. The fourth-order valence-electron chi connectivity index (χ4n) is 3.87. The van der Waals surface area contributed by atoms with Crippen LogP contribution in [0, 0.1) is 12.7 Å². The third kappa shape index (κ3) is 4.75. The van der Waals surface area contributed by atoms with Crippen molar-refractivity contribution in [2.24, 2.45) is 0 Å². The molecule has 0 radical (unpaired) electrons. The van der Waals surface area contributed by atoms with Crippen molar-refractivity contribution < 1.29 is 13.9 Å². The third-order valence-electron chi connectivity index (χ3n) is 5.67. The van der Waals surface area contributed by atoms with Crippen LogP contribution in [0.4, 0.5) is 4.39 Å². The molecule has 1 aromatic heterocycles. The van der Waals surface area contributed by atoms with Crippen LogP contribution in [0.25, 0.3) is 0 Å². The van der Waals surface area contributed by atoms with Crippen molar-refractivity contribution in [3.8, 4) is 0 Å². The van der Waals surface area contributed by atoms with E-state index in [1.54, 1.807) is 34.7 Å². The van der Waals surface area contributed by atoms with Gasteiger partial charge in [0.25, 0.3) is 11.5 Å². The number of nitrogens with zero attached hydrogens (tertiary/aromatic N) is 2. The van der Waals surface area contributed by atoms with Gasteiger partial charge in [-0.1, -0.05) is 42.5 Å². The number of benzene rings is 2. The predicted molar refractivity (Wildman–Crippen MR) is 117 cm³/mol. The number of carbonyl (C=O) groups is 1. The van der Waals surface area contributed by atoms with Crippen molar-refractivity contribution in [2.75, 3.05) is 19.7 Å². The number of morpholine rings is 1. The van der Waals surface area contributed by atoms with E-state index in [0.717, 1.165) is 11.1 Å². The smallest absolute Gasteiger partial charge is 0.263 e. The van der Waals surface area contributed by atoms with Gasteiger partial charge in [0, 0.05) is 19.3 Å². The summed E-state index contributed by atoms with van der Waals surface area (Å²) in [5.41, 5.74) is 2.54. The van der Waals surface area contributed by atoms with Crippen molar-refractivity contribution >= 4 is 5.91 Å². The maximum Gasteiger partial charge on any atom is 0.263 e. The van der Waals surface area contributed by atoms with E-state index in [9.17, 15) is 14.0 Å². The average Bonchev–Trinajstić information content (AvgIpc) is 2.80. The topological polar surface area (TPSA) is 51.5 Å². The van der Waals surface area contributed by atoms with Gasteiger partial charge in [0.2, 0.25) is 0 Å². The van der Waals surface area contributed by atoms with Gasteiger partial charge in [-0.3, -0.25) is 9.59 Å². The number of rotatable bonds is 5. The zero-order chi connectivity index (χ0) is 21.8. The van der Waals surface area contributed by atoms with E-state index in [0.29, 0.717) is 38.2 Å². The Labute approximate surface area is 180 Å². The Morgan fingerprint density at radius 1 is 1.10 bits per heavy atom. The Kier molecular flexibility index (Phi) is 6.28. The Morgan fingerprint density at radius 3 is 2.58 bits per heavy atom. The predicted octanol–water partition coefficient (Wildman–Crippen LogP) is 3.75. The number of amides is 1. The first-order valence-electron chi connectivity index (χ1n) is 10.4. The Hall–Kier alpha value is -3.25. The summed E-state index contributed by atoms with van der Waals surface area (Å²) in [6.07, 6.45) is 2.11. The molecule has 1 saturated heterocycles. The quantitative estimate of drug-likeness (QED) is 0.632. The van der Waals surface area contributed by atoms with Crippen LogP contribution in [-0.4, -0.2) is 35.1 Å². The van der Waals surface area contributed by atoms with Crippen molar-refractivity contribution in [1.29, 1.82) is 0 Å². The zero-order valence-electron chi connectivity index (χ0n) is 17.5. The van der Waals surface area contributed by atoms with Gasteiger partial charge in [-0.2, -0.15) is 0 Å². The van der Waals surface area contributed by atoms with Gasteiger partial charge in [-0.05, 0) is 48.2 Å². The Balaban J connectivity index is 1.53. The summed E-state index contributed by atoms with van der Waals surface area (Å²) in [6, 6.07) is 17.9. The minimum atomic E-state index is -0.345. The van der Waals surface area contributed by atoms with Gasteiger partial charge >= 0.3 is 0 Å². The lowest BCUT2D eigenvalue weighted by atomic mass is 10.1. The number of ether oxygens (including phenoxy) is 1.